The molecule has 0 spiro atoms. The third-order valence-electron chi connectivity index (χ3n) is 7.69. The molecule has 0 saturated carbocycles. The summed E-state index contributed by atoms with van der Waals surface area (Å²) in [7, 11) is 0. The third kappa shape index (κ3) is 7.62. The minimum atomic E-state index is 0.962. The van der Waals surface area contributed by atoms with Crippen LogP contribution in [-0.4, -0.2) is 33.0 Å². The first-order valence-electron chi connectivity index (χ1n) is 14.4. The molecule has 0 aliphatic heterocycles. The van der Waals surface area contributed by atoms with E-state index in [4.69, 9.17) is 0 Å². The number of fused-ring (bicyclic) bond motifs is 2. The van der Waals surface area contributed by atoms with Crippen molar-refractivity contribution in [1.82, 2.24) is 19.9 Å². The van der Waals surface area contributed by atoms with Crippen molar-refractivity contribution >= 4 is 33.4 Å². The van der Waals surface area contributed by atoms with Crippen molar-refractivity contribution in [2.24, 2.45) is 0 Å². The molecule has 0 aliphatic carbocycles. The summed E-state index contributed by atoms with van der Waals surface area (Å²) in [5.74, 6) is 1.92. The van der Waals surface area contributed by atoms with Crippen LogP contribution in [0.1, 0.15) is 86.5 Å². The molecule has 2 heterocycles. The minimum absolute atomic E-state index is 0.962. The molecule has 0 aliphatic rings. The predicted octanol–water partition coefficient (Wildman–Crippen LogP) is 8.23. The zero-order valence-corrected chi connectivity index (χ0v) is 23.7. The molecule has 38 heavy (non-hydrogen) atoms. The zero-order chi connectivity index (χ0) is 26.7. The predicted molar refractivity (Wildman–Crippen MR) is 161 cm³/mol. The summed E-state index contributed by atoms with van der Waals surface area (Å²) in [5.41, 5.74) is 7.16. The lowest BCUT2D eigenvalue weighted by atomic mass is 10.1. The van der Waals surface area contributed by atoms with Gasteiger partial charge in [-0.3, -0.25) is 0 Å². The largest absolute Gasteiger partial charge is 0.369 e. The highest BCUT2D eigenvalue weighted by Crippen LogP contribution is 2.24. The van der Waals surface area contributed by atoms with Crippen LogP contribution in [0.5, 0.6) is 0 Å². The summed E-state index contributed by atoms with van der Waals surface area (Å²) >= 11 is 0. The van der Waals surface area contributed by atoms with Crippen molar-refractivity contribution in [2.75, 3.05) is 23.7 Å². The van der Waals surface area contributed by atoms with Gasteiger partial charge in [-0.15, -0.1) is 0 Å². The summed E-state index contributed by atoms with van der Waals surface area (Å²) in [5, 5.41) is 9.31. The highest BCUT2D eigenvalue weighted by molar-refractivity contribution is 5.90. The summed E-state index contributed by atoms with van der Waals surface area (Å²) in [4.78, 5) is 17.8. The van der Waals surface area contributed by atoms with Crippen molar-refractivity contribution in [1.29, 1.82) is 0 Å². The monoisotopic (exact) mass is 512 g/mol. The van der Waals surface area contributed by atoms with Gasteiger partial charge in [-0.25, -0.2) is 19.9 Å². The van der Waals surface area contributed by atoms with Crippen molar-refractivity contribution in [3.63, 3.8) is 0 Å². The van der Waals surface area contributed by atoms with Gasteiger partial charge in [0.05, 0.1) is 11.0 Å². The van der Waals surface area contributed by atoms with E-state index in [0.717, 1.165) is 46.5 Å². The van der Waals surface area contributed by atoms with Crippen LogP contribution in [0.4, 0.5) is 11.6 Å². The number of unbranched alkanes of at least 4 members (excludes halogenated alkanes) is 9. The third-order valence-corrected chi connectivity index (χ3v) is 7.69. The Kier molecular flexibility index (Phi) is 10.2. The quantitative estimate of drug-likeness (QED) is 0.156. The number of aryl methyl sites for hydroxylation is 4. The molecule has 0 fully saturated rings. The fraction of sp³-hybridized carbons (Fsp3) is 0.500. The number of rotatable bonds is 15. The Balaban J connectivity index is 1.01. The van der Waals surface area contributed by atoms with Crippen LogP contribution in [0.2, 0.25) is 0 Å². The molecule has 202 valence electrons. The lowest BCUT2D eigenvalue weighted by Crippen LogP contribution is -2.04. The molecular weight excluding hydrogens is 468 g/mol. The molecule has 6 heteroatoms. The lowest BCUT2D eigenvalue weighted by molar-refractivity contribution is 0.557. The van der Waals surface area contributed by atoms with Crippen LogP contribution in [0.25, 0.3) is 21.8 Å². The molecule has 0 unspecified atom stereocenters. The fourth-order valence-corrected chi connectivity index (χ4v) is 4.99. The molecule has 0 saturated heterocycles. The van der Waals surface area contributed by atoms with Gasteiger partial charge in [0.15, 0.2) is 0 Å². The second kappa shape index (κ2) is 14.0. The van der Waals surface area contributed by atoms with Crippen LogP contribution in [-0.2, 0) is 0 Å². The first kappa shape index (κ1) is 27.7. The Morgan fingerprint density at radius 2 is 0.789 bits per heavy atom. The Labute approximate surface area is 228 Å². The number of aromatic nitrogens is 4. The summed E-state index contributed by atoms with van der Waals surface area (Å²) in [6, 6.07) is 8.70. The number of hydrogen-bond donors (Lipinski definition) is 2. The highest BCUT2D eigenvalue weighted by atomic mass is 15.0. The number of nitrogens with zero attached hydrogens (tertiary/aromatic N) is 4. The fourth-order valence-electron chi connectivity index (χ4n) is 4.99. The molecule has 0 radical (unpaired) electrons. The Morgan fingerprint density at radius 1 is 0.447 bits per heavy atom. The highest BCUT2D eigenvalue weighted by Gasteiger charge is 2.07. The van der Waals surface area contributed by atoms with Crippen LogP contribution in [0.3, 0.4) is 0 Å². The van der Waals surface area contributed by atoms with E-state index in [2.05, 4.69) is 82.5 Å². The van der Waals surface area contributed by atoms with Gasteiger partial charge in [0.1, 0.15) is 24.3 Å². The number of nitrogens with one attached hydrogen (secondary N) is 2. The molecule has 2 N–H and O–H groups in total. The van der Waals surface area contributed by atoms with E-state index in [1.54, 1.807) is 12.7 Å². The van der Waals surface area contributed by atoms with Gasteiger partial charge >= 0.3 is 0 Å². The minimum Gasteiger partial charge on any atom is -0.369 e. The second-order valence-corrected chi connectivity index (χ2v) is 10.7. The average molecular weight is 513 g/mol. The number of hydrogen-bond acceptors (Lipinski definition) is 6. The molecular formula is C32H44N6. The van der Waals surface area contributed by atoms with Gasteiger partial charge in [0.2, 0.25) is 0 Å². The van der Waals surface area contributed by atoms with Gasteiger partial charge in [0.25, 0.3) is 0 Å². The van der Waals surface area contributed by atoms with E-state index in [1.807, 2.05) is 0 Å². The van der Waals surface area contributed by atoms with E-state index in [-0.39, 0.29) is 0 Å². The van der Waals surface area contributed by atoms with Crippen LogP contribution in [0, 0.1) is 27.7 Å². The number of benzene rings is 2. The lowest BCUT2D eigenvalue weighted by Gasteiger charge is -2.10. The van der Waals surface area contributed by atoms with Crippen molar-refractivity contribution in [2.45, 2.75) is 91.9 Å². The number of anilines is 2. The molecule has 4 rings (SSSR count). The zero-order valence-electron chi connectivity index (χ0n) is 23.7. The van der Waals surface area contributed by atoms with Crippen LogP contribution < -0.4 is 10.6 Å². The first-order valence-corrected chi connectivity index (χ1v) is 14.4. The van der Waals surface area contributed by atoms with E-state index < -0.39 is 0 Å². The van der Waals surface area contributed by atoms with Gasteiger partial charge < -0.3 is 10.6 Å². The van der Waals surface area contributed by atoms with Gasteiger partial charge in [-0.1, -0.05) is 51.4 Å². The Hall–Kier alpha value is -3.28. The molecule has 2 aromatic heterocycles. The molecule has 6 nitrogen and oxygen atoms in total. The van der Waals surface area contributed by atoms with Gasteiger partial charge in [-0.2, -0.15) is 0 Å². The maximum Gasteiger partial charge on any atom is 0.137 e. The van der Waals surface area contributed by atoms with Gasteiger partial charge in [0, 0.05) is 23.9 Å². The van der Waals surface area contributed by atoms with E-state index >= 15 is 0 Å². The van der Waals surface area contributed by atoms with E-state index in [0.29, 0.717) is 0 Å². The Bertz CT molecular complexity index is 1230. The van der Waals surface area contributed by atoms with Crippen molar-refractivity contribution < 1.29 is 0 Å². The van der Waals surface area contributed by atoms with Crippen LogP contribution >= 0.6 is 0 Å². The Morgan fingerprint density at radius 3 is 1.18 bits per heavy atom. The van der Waals surface area contributed by atoms with E-state index in [9.17, 15) is 0 Å². The second-order valence-electron chi connectivity index (χ2n) is 10.7. The normalized spacial score (nSPS) is 11.4. The first-order chi connectivity index (χ1) is 18.5. The van der Waals surface area contributed by atoms with Crippen molar-refractivity contribution in [3.8, 4) is 0 Å². The maximum absolute atomic E-state index is 4.47. The SMILES string of the molecule is Cc1cc2ncnc(NCCCCCCCCCCCCNc3ncnc4cc(C)c(C)cc34)c2cc1C. The van der Waals surface area contributed by atoms with Crippen molar-refractivity contribution in [3.05, 3.63) is 59.2 Å². The smallest absolute Gasteiger partial charge is 0.137 e. The summed E-state index contributed by atoms with van der Waals surface area (Å²) < 4.78 is 0. The van der Waals surface area contributed by atoms with Gasteiger partial charge in [-0.05, 0) is 87.1 Å². The van der Waals surface area contributed by atoms with E-state index in [1.165, 1.54) is 86.5 Å². The molecule has 4 aromatic rings. The molecule has 0 amide bonds. The summed E-state index contributed by atoms with van der Waals surface area (Å²) in [6.45, 7) is 10.5. The standard InChI is InChI=1S/C32H44N6/c1-23-17-27-29(19-25(23)3)35-21-37-31(27)33-15-13-11-9-7-5-6-8-10-12-14-16-34-32-28-18-24(2)26(4)20-30(28)36-22-38-32/h17-22H,5-16H2,1-4H3,(H,33,35,37)(H,34,36,38). The molecule has 2 aromatic carbocycles. The molecule has 0 bridgehead atoms. The average Bonchev–Trinajstić information content (AvgIpc) is 2.90. The molecule has 0 atom stereocenters. The maximum atomic E-state index is 4.47. The summed E-state index contributed by atoms with van der Waals surface area (Å²) in [6.07, 6.45) is 16.3. The van der Waals surface area contributed by atoms with Crippen LogP contribution in [0.15, 0.2) is 36.9 Å². The topological polar surface area (TPSA) is 75.6 Å².